The maximum absolute atomic E-state index is 11.4. The van der Waals surface area contributed by atoms with Crippen molar-refractivity contribution >= 4 is 5.78 Å². The molecule has 1 saturated heterocycles. The summed E-state index contributed by atoms with van der Waals surface area (Å²) < 4.78 is 10.8. The lowest BCUT2D eigenvalue weighted by Gasteiger charge is -2.22. The van der Waals surface area contributed by atoms with Crippen molar-refractivity contribution in [1.29, 1.82) is 0 Å². The van der Waals surface area contributed by atoms with E-state index in [0.717, 1.165) is 5.57 Å². The lowest BCUT2D eigenvalue weighted by Crippen LogP contribution is -2.26. The molecule has 0 aromatic rings. The van der Waals surface area contributed by atoms with Crippen LogP contribution in [-0.2, 0) is 14.3 Å². The highest BCUT2D eigenvalue weighted by molar-refractivity contribution is 5.98. The number of carbonyl (C=O) groups is 1. The Hall–Kier alpha value is -0.670. The SMILES string of the molecule is O=C1CC2COC3OCC=C1C23. The number of carbonyl (C=O) groups excluding carboxylic acids is 1. The Kier molecular flexibility index (Phi) is 1.23. The number of hydrogen-bond donors (Lipinski definition) is 0. The van der Waals surface area contributed by atoms with Crippen LogP contribution in [0.25, 0.3) is 0 Å². The van der Waals surface area contributed by atoms with E-state index in [-0.39, 0.29) is 12.2 Å². The molecule has 3 nitrogen and oxygen atoms in total. The normalized spacial score (nSPS) is 44.5. The first-order chi connectivity index (χ1) is 5.86. The third-order valence-corrected chi connectivity index (χ3v) is 2.97. The second kappa shape index (κ2) is 2.18. The van der Waals surface area contributed by atoms with Gasteiger partial charge in [0.1, 0.15) is 0 Å². The quantitative estimate of drug-likeness (QED) is 0.525. The molecular formula is C9H10O3. The molecule has 0 aromatic carbocycles. The molecule has 3 aliphatic rings. The summed E-state index contributed by atoms with van der Waals surface area (Å²) in [5.74, 6) is 0.960. The van der Waals surface area contributed by atoms with Crippen molar-refractivity contribution in [3.8, 4) is 0 Å². The second-order valence-electron chi connectivity index (χ2n) is 3.61. The fraction of sp³-hybridized carbons (Fsp3) is 0.667. The molecule has 64 valence electrons. The predicted octanol–water partition coefficient (Wildman–Crippen LogP) is 0.504. The highest BCUT2D eigenvalue weighted by Crippen LogP contribution is 2.44. The van der Waals surface area contributed by atoms with Crippen LogP contribution >= 0.6 is 0 Å². The van der Waals surface area contributed by atoms with E-state index in [0.29, 0.717) is 31.3 Å². The summed E-state index contributed by atoms with van der Waals surface area (Å²) in [5.41, 5.74) is 0.966. The summed E-state index contributed by atoms with van der Waals surface area (Å²) in [7, 11) is 0. The van der Waals surface area contributed by atoms with Gasteiger partial charge in [0.2, 0.25) is 0 Å². The van der Waals surface area contributed by atoms with E-state index in [1.54, 1.807) is 0 Å². The minimum Gasteiger partial charge on any atom is -0.352 e. The van der Waals surface area contributed by atoms with Crippen molar-refractivity contribution in [1.82, 2.24) is 0 Å². The molecule has 1 aliphatic carbocycles. The molecule has 0 radical (unpaired) electrons. The van der Waals surface area contributed by atoms with Crippen LogP contribution in [0.4, 0.5) is 0 Å². The molecule has 1 saturated carbocycles. The zero-order valence-corrected chi connectivity index (χ0v) is 6.66. The number of ketones is 1. The van der Waals surface area contributed by atoms with Gasteiger partial charge in [0.05, 0.1) is 13.2 Å². The number of rotatable bonds is 0. The summed E-state index contributed by atoms with van der Waals surface area (Å²) in [6.45, 7) is 1.23. The lowest BCUT2D eigenvalue weighted by molar-refractivity contribution is -0.129. The topological polar surface area (TPSA) is 35.5 Å². The summed E-state index contributed by atoms with van der Waals surface area (Å²) in [6.07, 6.45) is 2.45. The predicted molar refractivity (Wildman–Crippen MR) is 40.4 cm³/mol. The molecule has 0 N–H and O–H groups in total. The summed E-state index contributed by atoms with van der Waals surface area (Å²) in [4.78, 5) is 11.4. The van der Waals surface area contributed by atoms with Crippen LogP contribution in [0.15, 0.2) is 11.6 Å². The minimum absolute atomic E-state index is 0.124. The van der Waals surface area contributed by atoms with Gasteiger partial charge in [-0.2, -0.15) is 0 Å². The van der Waals surface area contributed by atoms with Gasteiger partial charge in [-0.05, 0) is 0 Å². The number of ether oxygens (including phenoxy) is 2. The van der Waals surface area contributed by atoms with Gasteiger partial charge >= 0.3 is 0 Å². The van der Waals surface area contributed by atoms with Gasteiger partial charge < -0.3 is 9.47 Å². The maximum Gasteiger partial charge on any atom is 0.165 e. The largest absolute Gasteiger partial charge is 0.352 e. The van der Waals surface area contributed by atoms with Crippen LogP contribution in [0, 0.1) is 11.8 Å². The molecule has 3 heteroatoms. The van der Waals surface area contributed by atoms with Crippen LogP contribution < -0.4 is 0 Å². The molecule has 12 heavy (non-hydrogen) atoms. The van der Waals surface area contributed by atoms with Crippen molar-refractivity contribution in [3.63, 3.8) is 0 Å². The Morgan fingerprint density at radius 2 is 2.33 bits per heavy atom. The summed E-state index contributed by atoms with van der Waals surface area (Å²) in [6, 6.07) is 0. The first-order valence-electron chi connectivity index (χ1n) is 4.33. The van der Waals surface area contributed by atoms with Gasteiger partial charge in [-0.3, -0.25) is 4.79 Å². The molecule has 3 unspecified atom stereocenters. The Bertz CT molecular complexity index is 269. The number of Topliss-reactive ketones (excluding diaryl/α,β-unsaturated/α-hetero) is 1. The molecule has 0 amide bonds. The van der Waals surface area contributed by atoms with Crippen LogP contribution in [0.5, 0.6) is 0 Å². The molecule has 0 spiro atoms. The van der Waals surface area contributed by atoms with E-state index in [9.17, 15) is 4.79 Å². The van der Waals surface area contributed by atoms with E-state index in [1.807, 2.05) is 6.08 Å². The highest BCUT2D eigenvalue weighted by atomic mass is 16.7. The third-order valence-electron chi connectivity index (χ3n) is 2.97. The van der Waals surface area contributed by atoms with Crippen LogP contribution in [-0.4, -0.2) is 25.3 Å². The van der Waals surface area contributed by atoms with Gasteiger partial charge in [-0.15, -0.1) is 0 Å². The first kappa shape index (κ1) is 6.80. The summed E-state index contributed by atoms with van der Waals surface area (Å²) >= 11 is 0. The number of hydrogen-bond acceptors (Lipinski definition) is 3. The van der Waals surface area contributed by atoms with E-state index in [4.69, 9.17) is 9.47 Å². The van der Waals surface area contributed by atoms with Gasteiger partial charge in [-0.25, -0.2) is 0 Å². The Morgan fingerprint density at radius 1 is 1.42 bits per heavy atom. The Balaban J connectivity index is 2.05. The van der Waals surface area contributed by atoms with Gasteiger partial charge in [0.25, 0.3) is 0 Å². The lowest BCUT2D eigenvalue weighted by atomic mass is 9.94. The van der Waals surface area contributed by atoms with Gasteiger partial charge in [0.15, 0.2) is 12.1 Å². The van der Waals surface area contributed by atoms with Crippen molar-refractivity contribution in [2.75, 3.05) is 13.2 Å². The average molecular weight is 166 g/mol. The van der Waals surface area contributed by atoms with E-state index < -0.39 is 0 Å². The van der Waals surface area contributed by atoms with E-state index >= 15 is 0 Å². The zero-order chi connectivity index (χ0) is 8.13. The molecule has 2 aliphatic heterocycles. The maximum atomic E-state index is 11.4. The van der Waals surface area contributed by atoms with Crippen molar-refractivity contribution in [2.24, 2.45) is 11.8 Å². The standard InChI is InChI=1S/C9H10O3/c10-7-3-5-4-12-9-8(5)6(7)1-2-11-9/h1,5,8-9H,2-4H2. The molecule has 2 heterocycles. The molecule has 3 rings (SSSR count). The highest BCUT2D eigenvalue weighted by Gasteiger charge is 2.49. The molecule has 2 fully saturated rings. The monoisotopic (exact) mass is 166 g/mol. The fourth-order valence-electron chi connectivity index (χ4n) is 2.41. The van der Waals surface area contributed by atoms with Crippen LogP contribution in [0.3, 0.4) is 0 Å². The third kappa shape index (κ3) is 0.704. The fourth-order valence-corrected chi connectivity index (χ4v) is 2.41. The van der Waals surface area contributed by atoms with Gasteiger partial charge in [-0.1, -0.05) is 6.08 Å². The van der Waals surface area contributed by atoms with Crippen LogP contribution in [0.1, 0.15) is 6.42 Å². The smallest absolute Gasteiger partial charge is 0.165 e. The molecule has 3 atom stereocenters. The minimum atomic E-state index is -0.124. The Labute approximate surface area is 70.3 Å². The van der Waals surface area contributed by atoms with Crippen molar-refractivity contribution < 1.29 is 14.3 Å². The van der Waals surface area contributed by atoms with E-state index in [1.165, 1.54) is 0 Å². The van der Waals surface area contributed by atoms with Gasteiger partial charge in [0, 0.05) is 23.8 Å². The Morgan fingerprint density at radius 3 is 3.25 bits per heavy atom. The first-order valence-corrected chi connectivity index (χ1v) is 4.33. The molecular weight excluding hydrogens is 156 g/mol. The molecule has 0 bridgehead atoms. The summed E-state index contributed by atoms with van der Waals surface area (Å²) in [5, 5.41) is 0. The average Bonchev–Trinajstić information content (AvgIpc) is 2.61. The van der Waals surface area contributed by atoms with Crippen molar-refractivity contribution in [2.45, 2.75) is 12.7 Å². The van der Waals surface area contributed by atoms with E-state index in [2.05, 4.69) is 0 Å². The molecule has 0 aromatic heterocycles. The second-order valence-corrected chi connectivity index (χ2v) is 3.61. The zero-order valence-electron chi connectivity index (χ0n) is 6.66. The van der Waals surface area contributed by atoms with Crippen LogP contribution in [0.2, 0.25) is 0 Å². The van der Waals surface area contributed by atoms with Crippen molar-refractivity contribution in [3.05, 3.63) is 11.6 Å².